The third kappa shape index (κ3) is 3.15. The molecule has 0 fully saturated rings. The summed E-state index contributed by atoms with van der Waals surface area (Å²) < 4.78 is 4.21. The molecule has 0 spiro atoms. The van der Waals surface area contributed by atoms with Crippen LogP contribution in [0.1, 0.15) is 35.5 Å². The number of hydrogen-bond donors (Lipinski definition) is 1. The minimum absolute atomic E-state index is 0.0282. The molecule has 5 heteroatoms. The maximum atomic E-state index is 6.37. The molecular weight excluding hydrogens is 382 g/mol. The van der Waals surface area contributed by atoms with Crippen molar-refractivity contribution < 1.29 is 0 Å². The number of nitrogens with two attached hydrogens (primary N) is 1. The molecule has 0 aliphatic heterocycles. The highest BCUT2D eigenvalue weighted by atomic mass is 79.9. The summed E-state index contributed by atoms with van der Waals surface area (Å²) >= 11 is 7.14. The molecule has 0 radical (unpaired) electrons. The van der Waals surface area contributed by atoms with Gasteiger partial charge in [-0.3, -0.25) is 4.68 Å². The Labute approximate surface area is 136 Å². The van der Waals surface area contributed by atoms with Gasteiger partial charge in [-0.2, -0.15) is 5.10 Å². The molecule has 2 aromatic rings. The van der Waals surface area contributed by atoms with E-state index in [4.69, 9.17) is 5.73 Å². The van der Waals surface area contributed by atoms with E-state index in [1.807, 2.05) is 11.6 Å². The molecular formula is C15H19Br2N3. The minimum Gasteiger partial charge on any atom is -0.324 e. The van der Waals surface area contributed by atoms with Crippen molar-refractivity contribution in [2.45, 2.75) is 39.8 Å². The van der Waals surface area contributed by atoms with Gasteiger partial charge in [-0.25, -0.2) is 0 Å². The molecule has 1 aromatic carbocycles. The van der Waals surface area contributed by atoms with Crippen LogP contribution >= 0.6 is 31.9 Å². The number of halogens is 2. The van der Waals surface area contributed by atoms with Gasteiger partial charge < -0.3 is 5.73 Å². The van der Waals surface area contributed by atoms with Gasteiger partial charge in [-0.05, 0) is 53.9 Å². The number of hydrogen-bond acceptors (Lipinski definition) is 2. The van der Waals surface area contributed by atoms with Crippen LogP contribution in [0.15, 0.2) is 27.1 Å². The molecule has 108 valence electrons. The van der Waals surface area contributed by atoms with Crippen LogP contribution < -0.4 is 5.73 Å². The lowest BCUT2D eigenvalue weighted by atomic mass is 10.0. The molecule has 0 amide bonds. The van der Waals surface area contributed by atoms with E-state index in [1.165, 1.54) is 5.56 Å². The first-order valence-corrected chi connectivity index (χ1v) is 8.26. The van der Waals surface area contributed by atoms with Crippen molar-refractivity contribution in [3.63, 3.8) is 0 Å². The third-order valence-electron chi connectivity index (χ3n) is 3.48. The maximum absolute atomic E-state index is 6.37. The molecule has 3 nitrogen and oxygen atoms in total. The predicted octanol–water partition coefficient (Wildman–Crippen LogP) is 4.29. The van der Waals surface area contributed by atoms with Crippen LogP contribution in [0.25, 0.3) is 0 Å². The summed E-state index contributed by atoms with van der Waals surface area (Å²) in [6.07, 6.45) is 0.774. The number of nitrogens with zero attached hydrogens (tertiary/aromatic N) is 2. The molecule has 2 N–H and O–H groups in total. The van der Waals surface area contributed by atoms with E-state index < -0.39 is 0 Å². The first kappa shape index (κ1) is 15.7. The van der Waals surface area contributed by atoms with Crippen LogP contribution in [0.4, 0.5) is 0 Å². The van der Waals surface area contributed by atoms with Crippen LogP contribution in [0, 0.1) is 13.8 Å². The fraction of sp³-hybridized carbons (Fsp3) is 0.400. The lowest BCUT2D eigenvalue weighted by molar-refractivity contribution is 0.586. The van der Waals surface area contributed by atoms with Gasteiger partial charge >= 0.3 is 0 Å². The first-order chi connectivity index (χ1) is 9.43. The number of aryl methyl sites for hydroxylation is 3. The van der Waals surface area contributed by atoms with Gasteiger partial charge in [0.05, 0.1) is 15.9 Å². The van der Waals surface area contributed by atoms with Gasteiger partial charge in [0.2, 0.25) is 0 Å². The Morgan fingerprint density at radius 3 is 2.60 bits per heavy atom. The van der Waals surface area contributed by atoms with E-state index in [9.17, 15) is 0 Å². The summed E-state index contributed by atoms with van der Waals surface area (Å²) in [4.78, 5) is 0. The average Bonchev–Trinajstić information content (AvgIpc) is 2.69. The molecule has 0 aliphatic carbocycles. The van der Waals surface area contributed by atoms with Crippen molar-refractivity contribution in [2.75, 3.05) is 0 Å². The lowest BCUT2D eigenvalue weighted by Gasteiger charge is -2.15. The fourth-order valence-electron chi connectivity index (χ4n) is 2.29. The third-order valence-corrected chi connectivity index (χ3v) is 5.40. The molecule has 0 aliphatic rings. The normalized spacial score (nSPS) is 12.7. The summed E-state index contributed by atoms with van der Waals surface area (Å²) in [6.45, 7) is 7.04. The zero-order chi connectivity index (χ0) is 14.9. The molecule has 0 saturated carbocycles. The van der Waals surface area contributed by atoms with Gasteiger partial charge in [0.15, 0.2) is 0 Å². The number of rotatable bonds is 4. The van der Waals surface area contributed by atoms with E-state index >= 15 is 0 Å². The molecule has 1 unspecified atom stereocenters. The highest BCUT2D eigenvalue weighted by Crippen LogP contribution is 2.27. The van der Waals surface area contributed by atoms with Gasteiger partial charge in [0, 0.05) is 23.5 Å². The molecule has 2 rings (SSSR count). The van der Waals surface area contributed by atoms with Crippen molar-refractivity contribution in [2.24, 2.45) is 5.73 Å². The quantitative estimate of drug-likeness (QED) is 0.831. The van der Waals surface area contributed by atoms with E-state index in [1.54, 1.807) is 0 Å². The molecule has 1 heterocycles. The molecule has 1 atom stereocenters. The zero-order valence-electron chi connectivity index (χ0n) is 12.0. The van der Waals surface area contributed by atoms with Gasteiger partial charge in [-0.15, -0.1) is 0 Å². The second-order valence-electron chi connectivity index (χ2n) is 4.98. The largest absolute Gasteiger partial charge is 0.324 e. The standard InChI is InChI=1S/C15H19Br2N3/c1-4-20-14(15(17)10(3)19-20)8-13(18)11-5-6-12(16)9(2)7-11/h5-7,13H,4,8,18H2,1-3H3. The second kappa shape index (κ2) is 6.41. The van der Waals surface area contributed by atoms with E-state index in [0.29, 0.717) is 0 Å². The van der Waals surface area contributed by atoms with E-state index in [0.717, 1.165) is 38.9 Å². The topological polar surface area (TPSA) is 43.8 Å². The Balaban J connectivity index is 2.27. The van der Waals surface area contributed by atoms with E-state index in [-0.39, 0.29) is 6.04 Å². The summed E-state index contributed by atoms with van der Waals surface area (Å²) in [5.41, 5.74) is 10.9. The van der Waals surface area contributed by atoms with Gasteiger partial charge in [0.1, 0.15) is 0 Å². The summed E-state index contributed by atoms with van der Waals surface area (Å²) in [7, 11) is 0. The number of aromatic nitrogens is 2. The van der Waals surface area contributed by atoms with Crippen molar-refractivity contribution in [3.8, 4) is 0 Å². The Bertz CT molecular complexity index is 620. The Hall–Kier alpha value is -0.650. The monoisotopic (exact) mass is 399 g/mol. The molecule has 20 heavy (non-hydrogen) atoms. The fourth-order valence-corrected chi connectivity index (χ4v) is 2.98. The first-order valence-electron chi connectivity index (χ1n) is 6.67. The van der Waals surface area contributed by atoms with Crippen LogP contribution in [-0.2, 0) is 13.0 Å². The summed E-state index contributed by atoms with van der Waals surface area (Å²) in [6, 6.07) is 6.25. The minimum atomic E-state index is -0.0282. The average molecular weight is 401 g/mol. The predicted molar refractivity (Wildman–Crippen MR) is 89.8 cm³/mol. The lowest BCUT2D eigenvalue weighted by Crippen LogP contribution is -2.16. The zero-order valence-corrected chi connectivity index (χ0v) is 15.1. The SMILES string of the molecule is CCn1nc(C)c(Br)c1CC(N)c1ccc(Br)c(C)c1. The second-order valence-corrected chi connectivity index (χ2v) is 6.63. The maximum Gasteiger partial charge on any atom is 0.0738 e. The Morgan fingerprint density at radius 1 is 1.30 bits per heavy atom. The van der Waals surface area contributed by atoms with Crippen molar-refractivity contribution in [1.29, 1.82) is 0 Å². The van der Waals surface area contributed by atoms with Crippen LogP contribution in [-0.4, -0.2) is 9.78 Å². The molecule has 0 bridgehead atoms. The Kier molecular flexibility index (Phi) is 5.04. The Morgan fingerprint density at radius 2 is 2.00 bits per heavy atom. The van der Waals surface area contributed by atoms with Crippen molar-refractivity contribution in [1.82, 2.24) is 9.78 Å². The molecule has 1 aromatic heterocycles. The smallest absolute Gasteiger partial charge is 0.0738 e. The van der Waals surface area contributed by atoms with Gasteiger partial charge in [0.25, 0.3) is 0 Å². The summed E-state index contributed by atoms with van der Waals surface area (Å²) in [5, 5.41) is 4.51. The van der Waals surface area contributed by atoms with Crippen LogP contribution in [0.2, 0.25) is 0 Å². The van der Waals surface area contributed by atoms with E-state index in [2.05, 4.69) is 69.0 Å². The molecule has 0 saturated heterocycles. The summed E-state index contributed by atoms with van der Waals surface area (Å²) in [5.74, 6) is 0. The van der Waals surface area contributed by atoms with Crippen LogP contribution in [0.5, 0.6) is 0 Å². The van der Waals surface area contributed by atoms with Crippen LogP contribution in [0.3, 0.4) is 0 Å². The highest BCUT2D eigenvalue weighted by Gasteiger charge is 2.16. The highest BCUT2D eigenvalue weighted by molar-refractivity contribution is 9.10. The number of benzene rings is 1. The van der Waals surface area contributed by atoms with Crippen molar-refractivity contribution >= 4 is 31.9 Å². The van der Waals surface area contributed by atoms with Gasteiger partial charge in [-0.1, -0.05) is 28.1 Å². The van der Waals surface area contributed by atoms with Crippen molar-refractivity contribution in [3.05, 3.63) is 49.7 Å².